The van der Waals surface area contributed by atoms with Gasteiger partial charge in [0.25, 0.3) is 0 Å². The molecule has 228 valence electrons. The number of nitrogens with zero attached hydrogens (tertiary/aromatic N) is 2. The van der Waals surface area contributed by atoms with Crippen LogP contribution in [0.2, 0.25) is 0 Å². The van der Waals surface area contributed by atoms with E-state index in [2.05, 4.69) is 191 Å². The predicted molar refractivity (Wildman–Crippen MR) is 204 cm³/mol. The molecule has 0 N–H and O–H groups in total. The molecule has 0 saturated heterocycles. The molecule has 1 aliphatic carbocycles. The molecule has 8 aromatic carbocycles. The highest BCUT2D eigenvalue weighted by Gasteiger charge is 2.51. The number of hydrogen-bond acceptors (Lipinski definition) is 1. The Morgan fingerprint density at radius 3 is 1.84 bits per heavy atom. The molecule has 9 aromatic rings. The lowest BCUT2D eigenvalue weighted by molar-refractivity contribution is 0.748. The second-order valence-corrected chi connectivity index (χ2v) is 13.3. The summed E-state index contributed by atoms with van der Waals surface area (Å²) >= 11 is 0. The zero-order chi connectivity index (χ0) is 32.1. The quantitative estimate of drug-likeness (QED) is 0.190. The lowest BCUT2D eigenvalue weighted by Gasteiger charge is -2.40. The van der Waals surface area contributed by atoms with Crippen molar-refractivity contribution in [3.05, 3.63) is 204 Å². The van der Waals surface area contributed by atoms with Crippen LogP contribution in [0.4, 0.5) is 17.1 Å². The molecule has 2 heterocycles. The Morgan fingerprint density at radius 1 is 0.408 bits per heavy atom. The molecule has 0 unspecified atom stereocenters. The van der Waals surface area contributed by atoms with E-state index in [9.17, 15) is 0 Å². The summed E-state index contributed by atoms with van der Waals surface area (Å²) in [5, 5.41) is 5.03. The van der Waals surface area contributed by atoms with Crippen molar-refractivity contribution in [2.24, 2.45) is 0 Å². The summed E-state index contributed by atoms with van der Waals surface area (Å²) in [7, 11) is 0. The first-order valence-electron chi connectivity index (χ1n) is 17.0. The smallest absolute Gasteiger partial charge is 0.0755 e. The van der Waals surface area contributed by atoms with E-state index < -0.39 is 5.41 Å². The summed E-state index contributed by atoms with van der Waals surface area (Å²) in [5.74, 6) is 0. The standard InChI is InChI=1S/C47H30N2/c1-2-16-32(17-3-1)48(43-27-12-15-31-14-4-5-18-34(31)43)33-28-29-45-42(30-33)47(39-23-9-6-19-35(39)36-20-7-10-24-40(36)47)41-25-13-22-38-37-21-8-11-26-44(37)49(45)46(38)41/h1-30H. The monoisotopic (exact) mass is 622 g/mol. The molecule has 0 fully saturated rings. The minimum Gasteiger partial charge on any atom is -0.310 e. The third kappa shape index (κ3) is 3.40. The van der Waals surface area contributed by atoms with Crippen molar-refractivity contribution < 1.29 is 0 Å². The van der Waals surface area contributed by atoms with Gasteiger partial charge in [0.05, 0.1) is 27.8 Å². The van der Waals surface area contributed by atoms with Crippen LogP contribution < -0.4 is 4.90 Å². The van der Waals surface area contributed by atoms with Crippen LogP contribution in [0.5, 0.6) is 0 Å². The molecule has 49 heavy (non-hydrogen) atoms. The van der Waals surface area contributed by atoms with Crippen LogP contribution in [-0.2, 0) is 5.41 Å². The SMILES string of the molecule is c1ccc(N(c2ccc3c(c2)C2(c4ccccc4-c4ccccc42)c2cccc4c5ccccc5n-3c24)c2cccc3ccccc23)cc1. The van der Waals surface area contributed by atoms with Gasteiger partial charge in [-0.15, -0.1) is 0 Å². The molecule has 0 radical (unpaired) electrons. The molecule has 2 heteroatoms. The fraction of sp³-hybridized carbons (Fsp3) is 0.0213. The Bertz CT molecular complexity index is 2740. The van der Waals surface area contributed by atoms with Gasteiger partial charge in [-0.25, -0.2) is 0 Å². The lowest BCUT2D eigenvalue weighted by Crippen LogP contribution is -2.33. The Morgan fingerprint density at radius 2 is 1.02 bits per heavy atom. The van der Waals surface area contributed by atoms with Gasteiger partial charge >= 0.3 is 0 Å². The summed E-state index contributed by atoms with van der Waals surface area (Å²) < 4.78 is 2.53. The fourth-order valence-corrected chi connectivity index (χ4v) is 9.10. The van der Waals surface area contributed by atoms with Crippen LogP contribution in [0.3, 0.4) is 0 Å². The maximum atomic E-state index is 2.53. The Labute approximate surface area is 284 Å². The van der Waals surface area contributed by atoms with Gasteiger partial charge in [-0.2, -0.15) is 0 Å². The minimum atomic E-state index is -0.496. The highest BCUT2D eigenvalue weighted by Crippen LogP contribution is 2.61. The number of benzene rings is 8. The topological polar surface area (TPSA) is 8.17 Å². The normalized spacial score (nSPS) is 13.5. The van der Waals surface area contributed by atoms with E-state index in [0.29, 0.717) is 0 Å². The van der Waals surface area contributed by atoms with Crippen molar-refractivity contribution in [3.8, 4) is 16.8 Å². The Balaban J connectivity index is 1.31. The number of rotatable bonds is 3. The molecular weight excluding hydrogens is 593 g/mol. The van der Waals surface area contributed by atoms with E-state index in [1.54, 1.807) is 0 Å². The zero-order valence-corrected chi connectivity index (χ0v) is 26.7. The highest BCUT2D eigenvalue weighted by molar-refractivity contribution is 6.13. The average Bonchev–Trinajstić information content (AvgIpc) is 3.66. The first kappa shape index (κ1) is 26.7. The van der Waals surface area contributed by atoms with Crippen LogP contribution in [-0.4, -0.2) is 4.57 Å². The minimum absolute atomic E-state index is 0.496. The summed E-state index contributed by atoms with van der Waals surface area (Å²) in [5.41, 5.74) is 14.6. The summed E-state index contributed by atoms with van der Waals surface area (Å²) in [6, 6.07) is 67.3. The van der Waals surface area contributed by atoms with Crippen molar-refractivity contribution in [2.45, 2.75) is 5.41 Å². The van der Waals surface area contributed by atoms with Crippen LogP contribution in [0.15, 0.2) is 182 Å². The fourth-order valence-electron chi connectivity index (χ4n) is 9.10. The predicted octanol–water partition coefficient (Wildman–Crippen LogP) is 12.1. The first-order valence-corrected chi connectivity index (χ1v) is 17.0. The van der Waals surface area contributed by atoms with Gasteiger partial charge in [-0.05, 0) is 81.2 Å². The number of para-hydroxylation sites is 3. The molecule has 1 aliphatic heterocycles. The summed E-state index contributed by atoms with van der Waals surface area (Å²) in [4.78, 5) is 2.44. The van der Waals surface area contributed by atoms with Gasteiger partial charge in [0, 0.05) is 27.5 Å². The summed E-state index contributed by atoms with van der Waals surface area (Å²) in [6.45, 7) is 0. The van der Waals surface area contributed by atoms with Crippen molar-refractivity contribution in [1.29, 1.82) is 0 Å². The van der Waals surface area contributed by atoms with Gasteiger partial charge in [-0.1, -0.05) is 140 Å². The Hall–Kier alpha value is -6.38. The van der Waals surface area contributed by atoms with Gasteiger partial charge in [0.15, 0.2) is 0 Å². The number of anilines is 3. The van der Waals surface area contributed by atoms with E-state index >= 15 is 0 Å². The van der Waals surface area contributed by atoms with Crippen molar-refractivity contribution in [1.82, 2.24) is 4.57 Å². The molecular formula is C47H30N2. The maximum Gasteiger partial charge on any atom is 0.0755 e. The molecule has 2 nitrogen and oxygen atoms in total. The van der Waals surface area contributed by atoms with Gasteiger partial charge < -0.3 is 9.47 Å². The van der Waals surface area contributed by atoms with Crippen molar-refractivity contribution in [3.63, 3.8) is 0 Å². The third-order valence-corrected chi connectivity index (χ3v) is 11.0. The molecule has 1 spiro atoms. The number of fused-ring (bicyclic) bond motifs is 13. The molecule has 0 saturated carbocycles. The molecule has 1 aromatic heterocycles. The van der Waals surface area contributed by atoms with Crippen LogP contribution in [0.25, 0.3) is 49.4 Å². The summed E-state index contributed by atoms with van der Waals surface area (Å²) in [6.07, 6.45) is 0. The average molecular weight is 623 g/mol. The van der Waals surface area contributed by atoms with Gasteiger partial charge in [-0.3, -0.25) is 0 Å². The van der Waals surface area contributed by atoms with Crippen molar-refractivity contribution in [2.75, 3.05) is 4.90 Å². The van der Waals surface area contributed by atoms with Gasteiger partial charge in [0.2, 0.25) is 0 Å². The van der Waals surface area contributed by atoms with Crippen molar-refractivity contribution >= 4 is 49.6 Å². The molecule has 0 bridgehead atoms. The molecule has 0 amide bonds. The Kier molecular flexibility index (Phi) is 5.34. The van der Waals surface area contributed by atoms with E-state index in [1.165, 1.54) is 71.6 Å². The van der Waals surface area contributed by atoms with E-state index in [0.717, 1.165) is 17.1 Å². The van der Waals surface area contributed by atoms with Gasteiger partial charge in [0.1, 0.15) is 0 Å². The highest BCUT2D eigenvalue weighted by atomic mass is 15.1. The van der Waals surface area contributed by atoms with E-state index in [4.69, 9.17) is 0 Å². The lowest BCUT2D eigenvalue weighted by atomic mass is 9.65. The number of aromatic nitrogens is 1. The zero-order valence-electron chi connectivity index (χ0n) is 26.7. The van der Waals surface area contributed by atoms with Crippen LogP contribution in [0.1, 0.15) is 22.3 Å². The molecule has 2 aliphatic rings. The molecule has 11 rings (SSSR count). The molecule has 0 atom stereocenters. The second kappa shape index (κ2) is 9.82. The third-order valence-electron chi connectivity index (χ3n) is 11.0. The number of hydrogen-bond donors (Lipinski definition) is 0. The first-order chi connectivity index (χ1) is 24.3. The van der Waals surface area contributed by atoms with Crippen LogP contribution in [0, 0.1) is 0 Å². The van der Waals surface area contributed by atoms with Crippen LogP contribution >= 0.6 is 0 Å². The van der Waals surface area contributed by atoms with E-state index in [1.807, 2.05) is 0 Å². The van der Waals surface area contributed by atoms with E-state index in [-0.39, 0.29) is 0 Å². The second-order valence-electron chi connectivity index (χ2n) is 13.3. The maximum absolute atomic E-state index is 2.53. The largest absolute Gasteiger partial charge is 0.310 e.